The molecule has 0 aliphatic heterocycles. The average Bonchev–Trinajstić information content (AvgIpc) is 3.37. The van der Waals surface area contributed by atoms with E-state index in [0.29, 0.717) is 0 Å². The molecular formula is C36H22N2S. The van der Waals surface area contributed by atoms with Crippen molar-refractivity contribution in [2.45, 2.75) is 0 Å². The van der Waals surface area contributed by atoms with Crippen molar-refractivity contribution in [3.05, 3.63) is 133 Å². The highest BCUT2D eigenvalue weighted by molar-refractivity contribution is 7.25. The van der Waals surface area contributed by atoms with Gasteiger partial charge >= 0.3 is 0 Å². The predicted molar refractivity (Wildman–Crippen MR) is 166 cm³/mol. The minimum atomic E-state index is 0.749. The molecule has 0 aliphatic rings. The lowest BCUT2D eigenvalue weighted by Crippen LogP contribution is -1.94. The van der Waals surface area contributed by atoms with Gasteiger partial charge in [0.25, 0.3) is 0 Å². The normalized spacial score (nSPS) is 11.6. The predicted octanol–water partition coefficient (Wildman–Crippen LogP) is 10.2. The minimum Gasteiger partial charge on any atom is -0.227 e. The SMILES string of the molecule is c1ccc(-c2cccc(-c3nc(-c4cccc5ccccc45)c4c(n3)sc3cc5ccccc5cc34)c2)cc1. The Morgan fingerprint density at radius 2 is 1.13 bits per heavy atom. The Balaban J connectivity index is 1.45. The fraction of sp³-hybridized carbons (Fsp3) is 0. The first kappa shape index (κ1) is 22.2. The van der Waals surface area contributed by atoms with E-state index in [1.807, 2.05) is 6.07 Å². The monoisotopic (exact) mass is 514 g/mol. The van der Waals surface area contributed by atoms with E-state index in [0.717, 1.165) is 38.4 Å². The zero-order valence-corrected chi connectivity index (χ0v) is 21.8. The molecule has 182 valence electrons. The summed E-state index contributed by atoms with van der Waals surface area (Å²) in [7, 11) is 0. The highest BCUT2D eigenvalue weighted by Crippen LogP contribution is 2.42. The van der Waals surface area contributed by atoms with E-state index in [2.05, 4.69) is 127 Å². The van der Waals surface area contributed by atoms with Crippen molar-refractivity contribution >= 4 is 53.2 Å². The second-order valence-corrected chi connectivity index (χ2v) is 10.9. The number of fused-ring (bicyclic) bond motifs is 5. The summed E-state index contributed by atoms with van der Waals surface area (Å²) in [5, 5.41) is 7.21. The fourth-order valence-corrected chi connectivity index (χ4v) is 6.69. The lowest BCUT2D eigenvalue weighted by Gasteiger charge is -2.11. The summed E-state index contributed by atoms with van der Waals surface area (Å²) in [6, 6.07) is 47.2. The summed E-state index contributed by atoms with van der Waals surface area (Å²) in [6.07, 6.45) is 0. The Kier molecular flexibility index (Phi) is 5.04. The van der Waals surface area contributed by atoms with Gasteiger partial charge in [-0.15, -0.1) is 11.3 Å². The number of aromatic nitrogens is 2. The van der Waals surface area contributed by atoms with Crippen molar-refractivity contribution in [3.63, 3.8) is 0 Å². The van der Waals surface area contributed by atoms with Crippen LogP contribution in [-0.2, 0) is 0 Å². The average molecular weight is 515 g/mol. The van der Waals surface area contributed by atoms with Gasteiger partial charge in [-0.3, -0.25) is 0 Å². The maximum atomic E-state index is 5.32. The lowest BCUT2D eigenvalue weighted by atomic mass is 9.98. The Hall–Kier alpha value is -4.86. The molecular weight excluding hydrogens is 492 g/mol. The van der Waals surface area contributed by atoms with E-state index in [9.17, 15) is 0 Å². The number of rotatable bonds is 3. The van der Waals surface area contributed by atoms with Crippen LogP contribution in [0.1, 0.15) is 0 Å². The van der Waals surface area contributed by atoms with E-state index in [1.54, 1.807) is 11.3 Å². The van der Waals surface area contributed by atoms with Crippen molar-refractivity contribution in [2.75, 3.05) is 0 Å². The zero-order chi connectivity index (χ0) is 25.8. The summed E-state index contributed by atoms with van der Waals surface area (Å²) in [5.74, 6) is 0.749. The van der Waals surface area contributed by atoms with Gasteiger partial charge < -0.3 is 0 Å². The maximum Gasteiger partial charge on any atom is 0.161 e. The molecule has 0 saturated carbocycles. The van der Waals surface area contributed by atoms with Crippen LogP contribution in [0.25, 0.3) is 75.6 Å². The first-order valence-electron chi connectivity index (χ1n) is 13.1. The van der Waals surface area contributed by atoms with Gasteiger partial charge in [-0.05, 0) is 50.9 Å². The van der Waals surface area contributed by atoms with Gasteiger partial charge in [-0.25, -0.2) is 9.97 Å². The molecule has 8 aromatic rings. The summed E-state index contributed by atoms with van der Waals surface area (Å²) < 4.78 is 1.23. The van der Waals surface area contributed by atoms with Crippen LogP contribution in [0.5, 0.6) is 0 Å². The minimum absolute atomic E-state index is 0.749. The molecule has 0 aliphatic carbocycles. The van der Waals surface area contributed by atoms with Gasteiger partial charge in [0.2, 0.25) is 0 Å². The molecule has 2 nitrogen and oxygen atoms in total. The highest BCUT2D eigenvalue weighted by atomic mass is 32.1. The van der Waals surface area contributed by atoms with Gasteiger partial charge in [0.1, 0.15) is 4.83 Å². The zero-order valence-electron chi connectivity index (χ0n) is 21.0. The molecule has 0 bridgehead atoms. The van der Waals surface area contributed by atoms with Crippen molar-refractivity contribution in [2.24, 2.45) is 0 Å². The number of benzene rings is 6. The molecule has 2 aromatic heterocycles. The lowest BCUT2D eigenvalue weighted by molar-refractivity contribution is 1.24. The molecule has 2 heterocycles. The van der Waals surface area contributed by atoms with Crippen LogP contribution in [-0.4, -0.2) is 9.97 Å². The molecule has 0 amide bonds. The van der Waals surface area contributed by atoms with Crippen molar-refractivity contribution in [1.82, 2.24) is 9.97 Å². The summed E-state index contributed by atoms with van der Waals surface area (Å²) >= 11 is 1.75. The van der Waals surface area contributed by atoms with Crippen LogP contribution >= 0.6 is 11.3 Å². The van der Waals surface area contributed by atoms with Crippen molar-refractivity contribution in [3.8, 4) is 33.8 Å². The smallest absolute Gasteiger partial charge is 0.161 e. The molecule has 3 heteroatoms. The molecule has 0 spiro atoms. The molecule has 0 radical (unpaired) electrons. The van der Waals surface area contributed by atoms with Crippen LogP contribution in [0, 0.1) is 0 Å². The summed E-state index contributed by atoms with van der Waals surface area (Å²) in [6.45, 7) is 0. The van der Waals surface area contributed by atoms with E-state index >= 15 is 0 Å². The Bertz CT molecular complexity index is 2170. The molecule has 0 N–H and O–H groups in total. The maximum absolute atomic E-state index is 5.32. The van der Waals surface area contributed by atoms with E-state index in [4.69, 9.17) is 9.97 Å². The van der Waals surface area contributed by atoms with Crippen LogP contribution in [0.2, 0.25) is 0 Å². The third-order valence-electron chi connectivity index (χ3n) is 7.47. The van der Waals surface area contributed by atoms with Crippen LogP contribution < -0.4 is 0 Å². The van der Waals surface area contributed by atoms with E-state index < -0.39 is 0 Å². The van der Waals surface area contributed by atoms with Gasteiger partial charge in [0, 0.05) is 26.6 Å². The van der Waals surface area contributed by atoms with Gasteiger partial charge in [-0.2, -0.15) is 0 Å². The Morgan fingerprint density at radius 1 is 0.462 bits per heavy atom. The Labute approximate surface area is 229 Å². The van der Waals surface area contributed by atoms with Gasteiger partial charge in [0.05, 0.1) is 5.69 Å². The Morgan fingerprint density at radius 3 is 2.00 bits per heavy atom. The molecule has 0 atom stereocenters. The van der Waals surface area contributed by atoms with Gasteiger partial charge in [0.15, 0.2) is 5.82 Å². The fourth-order valence-electron chi connectivity index (χ4n) is 5.58. The second-order valence-electron chi connectivity index (χ2n) is 9.85. The number of thiophene rings is 1. The third kappa shape index (κ3) is 3.70. The molecule has 0 unspecified atom stereocenters. The largest absolute Gasteiger partial charge is 0.227 e. The van der Waals surface area contributed by atoms with Crippen LogP contribution in [0.3, 0.4) is 0 Å². The van der Waals surface area contributed by atoms with E-state index in [-0.39, 0.29) is 0 Å². The highest BCUT2D eigenvalue weighted by Gasteiger charge is 2.19. The first-order valence-corrected chi connectivity index (χ1v) is 13.9. The number of hydrogen-bond acceptors (Lipinski definition) is 3. The van der Waals surface area contributed by atoms with Crippen molar-refractivity contribution < 1.29 is 0 Å². The van der Waals surface area contributed by atoms with Crippen molar-refractivity contribution in [1.29, 1.82) is 0 Å². The van der Waals surface area contributed by atoms with Gasteiger partial charge in [-0.1, -0.05) is 115 Å². The van der Waals surface area contributed by atoms with Crippen LogP contribution in [0.4, 0.5) is 0 Å². The standard InChI is InChI=1S/C36H22N2S/c1-2-10-23(11-3-1)25-16-8-17-28(20-25)35-37-34(30-19-9-15-24-12-6-7-18-29(24)30)33-31-21-26-13-4-5-14-27(26)22-32(31)39-36(33)38-35/h1-22H. The first-order chi connectivity index (χ1) is 19.3. The second kappa shape index (κ2) is 8.87. The molecule has 39 heavy (non-hydrogen) atoms. The molecule has 6 aromatic carbocycles. The number of hydrogen-bond donors (Lipinski definition) is 0. The van der Waals surface area contributed by atoms with Crippen LogP contribution in [0.15, 0.2) is 133 Å². The summed E-state index contributed by atoms with van der Waals surface area (Å²) in [4.78, 5) is 11.5. The quantitative estimate of drug-likeness (QED) is 0.234. The number of nitrogens with zero attached hydrogens (tertiary/aromatic N) is 2. The molecule has 0 fully saturated rings. The topological polar surface area (TPSA) is 25.8 Å². The molecule has 8 rings (SSSR count). The van der Waals surface area contributed by atoms with E-state index in [1.165, 1.54) is 37.2 Å². The third-order valence-corrected chi connectivity index (χ3v) is 8.52. The summed E-state index contributed by atoms with van der Waals surface area (Å²) in [5.41, 5.74) is 5.48. The molecule has 0 saturated heterocycles.